The maximum Gasteiger partial charge on any atom is 2.00 e. The van der Waals surface area contributed by atoms with Crippen LogP contribution >= 0.6 is 0 Å². The Morgan fingerprint density at radius 1 is 0.636 bits per heavy atom. The first kappa shape index (κ1) is 33.5. The first-order valence-corrected chi connectivity index (χ1v) is 18.2. The van der Waals surface area contributed by atoms with E-state index in [0.29, 0.717) is 11.1 Å². The molecule has 0 saturated carbocycles. The third-order valence-corrected chi connectivity index (χ3v) is 11.3. The predicted molar refractivity (Wildman–Crippen MR) is 216 cm³/mol. The molecule has 10 aromatic rings. The number of hydrogen-bond acceptors (Lipinski definition) is 3. The van der Waals surface area contributed by atoms with Gasteiger partial charge in [-0.2, -0.15) is 18.2 Å². The van der Waals surface area contributed by atoms with Crippen molar-refractivity contribution in [3.05, 3.63) is 186 Å². The fourth-order valence-corrected chi connectivity index (χ4v) is 8.77. The minimum atomic E-state index is -1.48. The minimum Gasteiger partial charge on any atom is -0.340 e. The second-order valence-corrected chi connectivity index (χ2v) is 14.6. The quantitative estimate of drug-likeness (QED) is 0.131. The van der Waals surface area contributed by atoms with Crippen LogP contribution in [0.15, 0.2) is 152 Å². The van der Waals surface area contributed by atoms with Crippen LogP contribution in [0.3, 0.4) is 0 Å². The Morgan fingerprint density at radius 2 is 1.38 bits per heavy atom. The molecule has 1 atom stereocenters. The van der Waals surface area contributed by atoms with Gasteiger partial charge in [0, 0.05) is 46.4 Å². The molecule has 0 amide bonds. The summed E-state index contributed by atoms with van der Waals surface area (Å²) in [4.78, 5) is 11.9. The second-order valence-electron chi connectivity index (χ2n) is 14.6. The van der Waals surface area contributed by atoms with Gasteiger partial charge in [0.25, 0.3) is 0 Å². The predicted octanol–water partition coefficient (Wildman–Crippen LogP) is 11.9. The molecule has 4 aromatic heterocycles. The molecule has 266 valence electrons. The smallest absolute Gasteiger partial charge is 0.340 e. The summed E-state index contributed by atoms with van der Waals surface area (Å²) in [5.41, 5.74) is 9.94. The van der Waals surface area contributed by atoms with E-state index in [1.165, 1.54) is 11.1 Å². The molecule has 0 fully saturated rings. The van der Waals surface area contributed by atoms with Gasteiger partial charge in [-0.1, -0.05) is 108 Å². The van der Waals surface area contributed by atoms with Crippen molar-refractivity contribution in [2.45, 2.75) is 25.4 Å². The Kier molecular flexibility index (Phi) is 7.59. The number of aromatic nitrogens is 4. The second kappa shape index (κ2) is 12.5. The van der Waals surface area contributed by atoms with Crippen LogP contribution in [-0.2, 0) is 26.5 Å². The molecular formula is C48H32FN5Pt. The van der Waals surface area contributed by atoms with Crippen LogP contribution in [-0.4, -0.2) is 18.9 Å². The number of pyridine rings is 2. The number of fused-ring (bicyclic) bond motifs is 12. The third kappa shape index (κ3) is 4.81. The number of nitrogens with zero attached hydrogens (tertiary/aromatic N) is 5. The van der Waals surface area contributed by atoms with Crippen LogP contribution in [0.5, 0.6) is 0 Å². The molecule has 55 heavy (non-hydrogen) atoms. The Morgan fingerprint density at radius 3 is 2.22 bits per heavy atom. The summed E-state index contributed by atoms with van der Waals surface area (Å²) in [5, 5.41) is 4.91. The summed E-state index contributed by atoms with van der Waals surface area (Å²) in [6.07, 6.45) is 4.05. The molecule has 5 nitrogen and oxygen atoms in total. The van der Waals surface area contributed by atoms with Crippen LogP contribution in [0.4, 0.5) is 21.5 Å². The van der Waals surface area contributed by atoms with Gasteiger partial charge >= 0.3 is 21.1 Å². The van der Waals surface area contributed by atoms with Crippen LogP contribution in [0, 0.1) is 12.1 Å². The van der Waals surface area contributed by atoms with Gasteiger partial charge in [-0.15, -0.1) is 23.8 Å². The minimum absolute atomic E-state index is 0. The molecule has 6 aromatic carbocycles. The van der Waals surface area contributed by atoms with Gasteiger partial charge in [0.05, 0.1) is 11.3 Å². The van der Waals surface area contributed by atoms with Crippen molar-refractivity contribution in [3.8, 4) is 5.82 Å². The Labute approximate surface area is 331 Å². The fourth-order valence-electron chi connectivity index (χ4n) is 8.77. The zero-order chi connectivity index (χ0) is 36.1. The zero-order valence-corrected chi connectivity index (χ0v) is 32.2. The summed E-state index contributed by atoms with van der Waals surface area (Å²) < 4.78 is 21.2. The number of benzene rings is 6. The molecule has 0 N–H and O–H groups in total. The van der Waals surface area contributed by atoms with Crippen LogP contribution < -0.4 is 4.90 Å². The summed E-state index contributed by atoms with van der Waals surface area (Å²) >= 11 is 0. The van der Waals surface area contributed by atoms with E-state index in [4.69, 9.17) is 4.98 Å². The molecule has 1 unspecified atom stereocenters. The number of imidazole rings is 1. The standard InChI is InChI=1S/C48H32FN5.Pt/c1-48(2)37-15-7-9-17-40(37)53(32-12-4-3-5-13-32)46-38(48)23-24-41-44(46)35-22-20-31(29-42(35)54(41)43-18-10-11-25-50-43)45(49)30-19-21-33-34-14-6-8-16-39(34)52-27-26-51-47(52)36(33)28-30;/h3-27,45H,1-2H3;/q-2;+2. The van der Waals surface area contributed by atoms with Crippen molar-refractivity contribution in [2.24, 2.45) is 0 Å². The van der Waals surface area contributed by atoms with Gasteiger partial charge in [0.15, 0.2) is 0 Å². The van der Waals surface area contributed by atoms with Crippen LogP contribution in [0.2, 0.25) is 0 Å². The van der Waals surface area contributed by atoms with Crippen LogP contribution in [0.1, 0.15) is 42.3 Å². The Bertz CT molecular complexity index is 3110. The monoisotopic (exact) mass is 892 g/mol. The molecule has 1 aliphatic heterocycles. The largest absolute Gasteiger partial charge is 2.00 e. The molecule has 0 bridgehead atoms. The number of alkyl halides is 1. The van der Waals surface area contributed by atoms with Crippen LogP contribution in [0.25, 0.3) is 54.9 Å². The van der Waals surface area contributed by atoms with E-state index >= 15 is 4.39 Å². The number of hydrogen-bond donors (Lipinski definition) is 0. The van der Waals surface area contributed by atoms with Crippen molar-refractivity contribution in [1.82, 2.24) is 18.9 Å². The van der Waals surface area contributed by atoms with Gasteiger partial charge in [-0.25, -0.2) is 9.37 Å². The summed E-state index contributed by atoms with van der Waals surface area (Å²) in [5.74, 6) is 0.744. The van der Waals surface area contributed by atoms with Gasteiger partial charge in [-0.3, -0.25) is 4.98 Å². The SMILES string of the molecule is CC1(C)c2ccccc2N(c2ccccc2)c2c1ccc1c2c2ccc(C(F)c3[c-]c4c(cc3)c3ccccc3n3ccnc43)[c-]c2n1-c1ccccn1.[Pt+2]. The number of para-hydroxylation sites is 3. The van der Waals surface area contributed by atoms with Gasteiger partial charge < -0.3 is 13.9 Å². The molecule has 5 heterocycles. The Balaban J connectivity index is 0.00000372. The van der Waals surface area contributed by atoms with Crippen molar-refractivity contribution in [2.75, 3.05) is 4.90 Å². The average molecular weight is 893 g/mol. The van der Waals surface area contributed by atoms with Crippen molar-refractivity contribution >= 4 is 66.2 Å². The zero-order valence-electron chi connectivity index (χ0n) is 29.9. The van der Waals surface area contributed by atoms with E-state index < -0.39 is 6.17 Å². The van der Waals surface area contributed by atoms with E-state index in [1.807, 2.05) is 59.1 Å². The number of anilines is 3. The van der Waals surface area contributed by atoms with E-state index in [0.717, 1.165) is 72.0 Å². The normalized spacial score (nSPS) is 14.0. The van der Waals surface area contributed by atoms with Crippen molar-refractivity contribution in [1.29, 1.82) is 0 Å². The molecule has 0 aliphatic carbocycles. The van der Waals surface area contributed by atoms with E-state index in [-0.39, 0.29) is 26.5 Å². The first-order valence-electron chi connectivity index (χ1n) is 18.2. The maximum absolute atomic E-state index is 17.1. The van der Waals surface area contributed by atoms with E-state index in [1.54, 1.807) is 12.4 Å². The van der Waals surface area contributed by atoms with E-state index in [9.17, 15) is 0 Å². The van der Waals surface area contributed by atoms with Crippen molar-refractivity contribution < 1.29 is 25.5 Å². The summed E-state index contributed by atoms with van der Waals surface area (Å²) in [6.45, 7) is 4.60. The van der Waals surface area contributed by atoms with Gasteiger partial charge in [0.1, 0.15) is 12.0 Å². The summed E-state index contributed by atoms with van der Waals surface area (Å²) in [6, 6.07) is 52.6. The molecular weight excluding hydrogens is 861 g/mol. The molecule has 0 saturated heterocycles. The molecule has 1 aliphatic rings. The van der Waals surface area contributed by atoms with E-state index in [2.05, 4.69) is 125 Å². The van der Waals surface area contributed by atoms with Gasteiger partial charge in [0.2, 0.25) is 0 Å². The van der Waals surface area contributed by atoms with Gasteiger partial charge in [-0.05, 0) is 64.4 Å². The number of rotatable bonds is 4. The summed E-state index contributed by atoms with van der Waals surface area (Å²) in [7, 11) is 0. The number of halogens is 1. The molecule has 7 heteroatoms. The fraction of sp³-hybridized carbons (Fsp3) is 0.0833. The van der Waals surface area contributed by atoms with Crippen molar-refractivity contribution in [3.63, 3.8) is 0 Å². The third-order valence-electron chi connectivity index (χ3n) is 11.3. The Hall–Kier alpha value is -6.10. The topological polar surface area (TPSA) is 38.4 Å². The molecule has 0 spiro atoms. The molecule has 0 radical (unpaired) electrons. The first-order chi connectivity index (χ1) is 26.5. The maximum atomic E-state index is 17.1. The average Bonchev–Trinajstić information content (AvgIpc) is 3.85. The molecule has 11 rings (SSSR count).